The van der Waals surface area contributed by atoms with Crippen molar-refractivity contribution in [1.29, 1.82) is 0 Å². The minimum Gasteiger partial charge on any atom is -0.478 e. The van der Waals surface area contributed by atoms with Crippen LogP contribution in [-0.4, -0.2) is 31.9 Å². The summed E-state index contributed by atoms with van der Waals surface area (Å²) in [7, 11) is 0. The van der Waals surface area contributed by atoms with Crippen LogP contribution in [0.1, 0.15) is 37.5 Å². The molecule has 0 spiro atoms. The molecule has 20 heavy (non-hydrogen) atoms. The second-order valence-electron chi connectivity index (χ2n) is 4.69. The molecule has 0 aliphatic carbocycles. The van der Waals surface area contributed by atoms with E-state index in [1.807, 2.05) is 32.9 Å². The van der Waals surface area contributed by atoms with Gasteiger partial charge in [-0.25, -0.2) is 14.3 Å². The van der Waals surface area contributed by atoms with E-state index in [1.165, 1.54) is 10.9 Å². The summed E-state index contributed by atoms with van der Waals surface area (Å²) in [4.78, 5) is 22.1. The molecule has 0 amide bonds. The molecule has 104 valence electrons. The van der Waals surface area contributed by atoms with Crippen molar-refractivity contribution in [1.82, 2.24) is 9.78 Å². The molecule has 2 rings (SSSR count). The van der Waals surface area contributed by atoms with Crippen molar-refractivity contribution in [2.75, 3.05) is 0 Å². The molecule has 0 atom stereocenters. The van der Waals surface area contributed by atoms with Gasteiger partial charge in [-0.05, 0) is 31.9 Å². The second kappa shape index (κ2) is 4.80. The minimum absolute atomic E-state index is 0.322. The number of aromatic carboxylic acids is 2. The van der Waals surface area contributed by atoms with Crippen LogP contribution in [0.2, 0.25) is 0 Å². The molecule has 1 aromatic carbocycles. The number of carboxylic acid groups (broad SMARTS) is 2. The maximum absolute atomic E-state index is 11.1. The predicted octanol–water partition coefficient (Wildman–Crippen LogP) is 2.19. The van der Waals surface area contributed by atoms with Crippen molar-refractivity contribution in [2.45, 2.75) is 20.8 Å². The summed E-state index contributed by atoms with van der Waals surface area (Å²) in [6, 6.07) is 3.87. The number of carbonyl (C=O) groups is 2. The van der Waals surface area contributed by atoms with Crippen LogP contribution in [-0.2, 0) is 0 Å². The number of benzene rings is 1. The van der Waals surface area contributed by atoms with Gasteiger partial charge in [0, 0.05) is 6.20 Å². The third-order valence-electron chi connectivity index (χ3n) is 3.01. The van der Waals surface area contributed by atoms with Gasteiger partial charge in [0.2, 0.25) is 0 Å². The van der Waals surface area contributed by atoms with Crippen LogP contribution < -0.4 is 0 Å². The molecule has 1 heterocycles. The van der Waals surface area contributed by atoms with Crippen LogP contribution in [0, 0.1) is 20.8 Å². The zero-order valence-electron chi connectivity index (χ0n) is 11.3. The van der Waals surface area contributed by atoms with E-state index in [4.69, 9.17) is 10.2 Å². The largest absolute Gasteiger partial charge is 0.478 e. The van der Waals surface area contributed by atoms with E-state index in [9.17, 15) is 9.59 Å². The van der Waals surface area contributed by atoms with E-state index < -0.39 is 17.6 Å². The average Bonchev–Trinajstić information content (AvgIpc) is 2.72. The second-order valence-corrected chi connectivity index (χ2v) is 4.69. The lowest BCUT2D eigenvalue weighted by molar-refractivity contribution is 0.0648. The van der Waals surface area contributed by atoms with Gasteiger partial charge < -0.3 is 10.2 Å². The maximum atomic E-state index is 11.1. The number of rotatable bonds is 3. The highest BCUT2D eigenvalue weighted by Crippen LogP contribution is 2.22. The van der Waals surface area contributed by atoms with Crippen molar-refractivity contribution >= 4 is 11.9 Å². The molecule has 6 heteroatoms. The number of carboxylic acids is 2. The molecular formula is C14H14N2O4. The number of hydrogen-bond donors (Lipinski definition) is 2. The van der Waals surface area contributed by atoms with E-state index in [0.717, 1.165) is 16.7 Å². The normalized spacial score (nSPS) is 10.6. The monoisotopic (exact) mass is 274 g/mol. The molecule has 2 N–H and O–H groups in total. The van der Waals surface area contributed by atoms with Crippen molar-refractivity contribution in [3.63, 3.8) is 0 Å². The van der Waals surface area contributed by atoms with Gasteiger partial charge in [0.15, 0.2) is 5.69 Å². The molecule has 0 saturated carbocycles. The van der Waals surface area contributed by atoms with E-state index in [-0.39, 0.29) is 5.56 Å². The van der Waals surface area contributed by atoms with Gasteiger partial charge in [-0.2, -0.15) is 5.10 Å². The SMILES string of the molecule is Cc1cc(C)c(-n2cc(C(=O)O)c(C(=O)O)n2)c(C)c1. The van der Waals surface area contributed by atoms with Gasteiger partial charge in [0.05, 0.1) is 5.69 Å². The summed E-state index contributed by atoms with van der Waals surface area (Å²) in [5, 5.41) is 21.9. The van der Waals surface area contributed by atoms with Gasteiger partial charge in [0.25, 0.3) is 0 Å². The summed E-state index contributed by atoms with van der Waals surface area (Å²) >= 11 is 0. The van der Waals surface area contributed by atoms with Crippen LogP contribution in [0.4, 0.5) is 0 Å². The summed E-state index contributed by atoms with van der Waals surface area (Å²) in [6.07, 6.45) is 1.23. The first kappa shape index (κ1) is 13.8. The van der Waals surface area contributed by atoms with E-state index in [0.29, 0.717) is 5.69 Å². The molecule has 0 aliphatic rings. The van der Waals surface area contributed by atoms with Crippen molar-refractivity contribution in [3.8, 4) is 5.69 Å². The Morgan fingerprint density at radius 1 is 1.05 bits per heavy atom. The topological polar surface area (TPSA) is 92.4 Å². The summed E-state index contributed by atoms with van der Waals surface area (Å²) in [5.41, 5.74) is 2.80. The first-order valence-corrected chi connectivity index (χ1v) is 5.95. The summed E-state index contributed by atoms with van der Waals surface area (Å²) < 4.78 is 1.32. The summed E-state index contributed by atoms with van der Waals surface area (Å²) in [6.45, 7) is 5.70. The van der Waals surface area contributed by atoms with E-state index in [1.54, 1.807) is 0 Å². The first-order chi connectivity index (χ1) is 9.31. The number of aryl methyl sites for hydroxylation is 3. The lowest BCUT2D eigenvalue weighted by Crippen LogP contribution is -2.06. The molecule has 2 aromatic rings. The van der Waals surface area contributed by atoms with E-state index in [2.05, 4.69) is 5.10 Å². The Bertz CT molecular complexity index is 661. The van der Waals surface area contributed by atoms with Gasteiger partial charge in [0.1, 0.15) is 5.56 Å². The van der Waals surface area contributed by atoms with Crippen molar-refractivity contribution in [3.05, 3.63) is 46.3 Å². The first-order valence-electron chi connectivity index (χ1n) is 5.95. The van der Waals surface area contributed by atoms with Crippen LogP contribution in [0.15, 0.2) is 18.3 Å². The smallest absolute Gasteiger partial charge is 0.357 e. The molecule has 0 radical (unpaired) electrons. The predicted molar refractivity (Wildman–Crippen MR) is 71.7 cm³/mol. The lowest BCUT2D eigenvalue weighted by Gasteiger charge is -2.10. The Hall–Kier alpha value is -2.63. The van der Waals surface area contributed by atoms with Gasteiger partial charge >= 0.3 is 11.9 Å². The van der Waals surface area contributed by atoms with Crippen LogP contribution >= 0.6 is 0 Å². The maximum Gasteiger partial charge on any atom is 0.357 e. The van der Waals surface area contributed by atoms with E-state index >= 15 is 0 Å². The Labute approximate surface area is 115 Å². The number of nitrogens with zero attached hydrogens (tertiary/aromatic N) is 2. The fourth-order valence-corrected chi connectivity index (χ4v) is 2.34. The molecule has 1 aromatic heterocycles. The van der Waals surface area contributed by atoms with Gasteiger partial charge in [-0.1, -0.05) is 17.7 Å². The third-order valence-corrected chi connectivity index (χ3v) is 3.01. The molecule has 0 fully saturated rings. The minimum atomic E-state index is -1.36. The number of hydrogen-bond acceptors (Lipinski definition) is 3. The molecule has 6 nitrogen and oxygen atoms in total. The summed E-state index contributed by atoms with van der Waals surface area (Å²) in [5.74, 6) is -2.67. The van der Waals surface area contributed by atoms with Crippen LogP contribution in [0.5, 0.6) is 0 Å². The molecular weight excluding hydrogens is 260 g/mol. The average molecular weight is 274 g/mol. The highest BCUT2D eigenvalue weighted by Gasteiger charge is 2.22. The standard InChI is InChI=1S/C14H14N2O4/c1-7-4-8(2)12(9(3)5-7)16-6-10(13(17)18)11(15-16)14(19)20/h4-6H,1-3H3,(H,17,18)(H,19,20). The van der Waals surface area contributed by atoms with Crippen LogP contribution in [0.3, 0.4) is 0 Å². The fourth-order valence-electron chi connectivity index (χ4n) is 2.34. The number of aromatic nitrogens is 2. The Morgan fingerprint density at radius 3 is 2.00 bits per heavy atom. The quantitative estimate of drug-likeness (QED) is 0.895. The molecule has 0 bridgehead atoms. The molecule has 0 aliphatic heterocycles. The molecule has 0 unspecified atom stereocenters. The Kier molecular flexibility index (Phi) is 3.31. The van der Waals surface area contributed by atoms with Gasteiger partial charge in [-0.3, -0.25) is 0 Å². The fraction of sp³-hybridized carbons (Fsp3) is 0.214. The zero-order valence-corrected chi connectivity index (χ0v) is 11.3. The Balaban J connectivity index is 2.69. The van der Waals surface area contributed by atoms with Crippen molar-refractivity contribution < 1.29 is 19.8 Å². The zero-order chi connectivity index (χ0) is 15.0. The highest BCUT2D eigenvalue weighted by atomic mass is 16.4. The lowest BCUT2D eigenvalue weighted by atomic mass is 10.1. The Morgan fingerprint density at radius 2 is 1.60 bits per heavy atom. The third kappa shape index (κ3) is 2.27. The van der Waals surface area contributed by atoms with Crippen molar-refractivity contribution in [2.24, 2.45) is 0 Å². The molecule has 0 saturated heterocycles. The highest BCUT2D eigenvalue weighted by molar-refractivity contribution is 6.00. The van der Waals surface area contributed by atoms with Crippen LogP contribution in [0.25, 0.3) is 5.69 Å². The van der Waals surface area contributed by atoms with Gasteiger partial charge in [-0.15, -0.1) is 0 Å².